The number of hydrogen-bond acceptors (Lipinski definition) is 3. The van der Waals surface area contributed by atoms with Crippen LogP contribution in [0.4, 0.5) is 0 Å². The van der Waals surface area contributed by atoms with E-state index < -0.39 is 5.97 Å². The van der Waals surface area contributed by atoms with Crippen LogP contribution in [0.5, 0.6) is 0 Å². The van der Waals surface area contributed by atoms with Gasteiger partial charge in [-0.25, -0.2) is 0 Å². The van der Waals surface area contributed by atoms with Gasteiger partial charge in [-0.05, 0) is 26.1 Å². The molecule has 0 radical (unpaired) electrons. The van der Waals surface area contributed by atoms with Gasteiger partial charge in [-0.3, -0.25) is 4.79 Å². The van der Waals surface area contributed by atoms with Crippen LogP contribution in [0.25, 0.3) is 0 Å². The van der Waals surface area contributed by atoms with E-state index in [9.17, 15) is 4.79 Å². The van der Waals surface area contributed by atoms with Crippen LogP contribution in [0.15, 0.2) is 12.1 Å². The normalized spacial score (nSPS) is 27.1. The predicted octanol–water partition coefficient (Wildman–Crippen LogP) is 1.79. The Bertz CT molecular complexity index is 374. The van der Waals surface area contributed by atoms with E-state index >= 15 is 0 Å². The van der Waals surface area contributed by atoms with Gasteiger partial charge in [-0.1, -0.05) is 0 Å². The number of likely N-dealkylation sites (N-methyl/N-ethyl adjacent to an activating group) is 1. The lowest BCUT2D eigenvalue weighted by molar-refractivity contribution is -0.141. The highest BCUT2D eigenvalue weighted by Crippen LogP contribution is 2.35. The highest BCUT2D eigenvalue weighted by Gasteiger charge is 2.37. The van der Waals surface area contributed by atoms with Crippen LogP contribution >= 0.6 is 11.3 Å². The van der Waals surface area contributed by atoms with Crippen molar-refractivity contribution in [2.24, 2.45) is 5.92 Å². The molecule has 82 valence electrons. The number of carboxylic acid groups (broad SMARTS) is 1. The molecule has 1 saturated heterocycles. The van der Waals surface area contributed by atoms with Crippen LogP contribution in [0.3, 0.4) is 0 Å². The fraction of sp³-hybridized carbons (Fsp3) is 0.545. The van der Waals surface area contributed by atoms with Crippen molar-refractivity contribution in [1.82, 2.24) is 4.90 Å². The van der Waals surface area contributed by atoms with Gasteiger partial charge in [0.15, 0.2) is 0 Å². The van der Waals surface area contributed by atoms with Crippen LogP contribution in [0, 0.1) is 12.8 Å². The molecule has 0 saturated carbocycles. The zero-order chi connectivity index (χ0) is 11.0. The third kappa shape index (κ3) is 2.06. The Morgan fingerprint density at radius 2 is 2.27 bits per heavy atom. The molecule has 0 spiro atoms. The Kier molecular flexibility index (Phi) is 2.80. The lowest BCUT2D eigenvalue weighted by atomic mass is 9.95. The summed E-state index contributed by atoms with van der Waals surface area (Å²) in [5, 5.41) is 9.15. The summed E-state index contributed by atoms with van der Waals surface area (Å²) in [4.78, 5) is 15.7. The lowest BCUT2D eigenvalue weighted by Crippen LogP contribution is -2.21. The zero-order valence-electron chi connectivity index (χ0n) is 8.93. The number of aryl methyl sites for hydroxylation is 1. The first-order valence-corrected chi connectivity index (χ1v) is 5.87. The zero-order valence-corrected chi connectivity index (χ0v) is 9.75. The number of hydrogen-bond donors (Lipinski definition) is 1. The molecule has 0 amide bonds. The molecular formula is C11H15NO2S. The number of aliphatic carboxylic acids is 1. The molecule has 1 N–H and O–H groups in total. The van der Waals surface area contributed by atoms with E-state index in [4.69, 9.17) is 5.11 Å². The molecule has 4 heteroatoms. The van der Waals surface area contributed by atoms with Gasteiger partial charge in [-0.2, -0.15) is 0 Å². The number of rotatable bonds is 2. The van der Waals surface area contributed by atoms with Crippen molar-refractivity contribution in [3.05, 3.63) is 21.9 Å². The molecule has 0 aromatic carbocycles. The predicted molar refractivity (Wildman–Crippen MR) is 60.4 cm³/mol. The van der Waals surface area contributed by atoms with Gasteiger partial charge < -0.3 is 10.0 Å². The third-order valence-electron chi connectivity index (χ3n) is 2.95. The van der Waals surface area contributed by atoms with Crippen LogP contribution in [-0.4, -0.2) is 36.1 Å². The highest BCUT2D eigenvalue weighted by molar-refractivity contribution is 7.12. The summed E-state index contributed by atoms with van der Waals surface area (Å²) in [5.74, 6) is -0.741. The topological polar surface area (TPSA) is 40.5 Å². The van der Waals surface area contributed by atoms with Crippen LogP contribution in [0.2, 0.25) is 0 Å². The van der Waals surface area contributed by atoms with Gasteiger partial charge in [0, 0.05) is 28.8 Å². The molecule has 15 heavy (non-hydrogen) atoms. The van der Waals surface area contributed by atoms with Crippen molar-refractivity contribution in [3.63, 3.8) is 0 Å². The molecule has 1 aromatic heterocycles. The van der Waals surface area contributed by atoms with E-state index in [0.717, 1.165) is 6.54 Å². The van der Waals surface area contributed by atoms with E-state index in [1.807, 2.05) is 7.05 Å². The second kappa shape index (κ2) is 3.94. The minimum atomic E-state index is -0.671. The summed E-state index contributed by atoms with van der Waals surface area (Å²) >= 11 is 1.72. The Morgan fingerprint density at radius 3 is 2.80 bits per heavy atom. The Hall–Kier alpha value is -0.870. The Labute approximate surface area is 93.3 Å². The second-order valence-corrected chi connectivity index (χ2v) is 5.54. The van der Waals surface area contributed by atoms with E-state index in [1.165, 1.54) is 9.75 Å². The van der Waals surface area contributed by atoms with Gasteiger partial charge >= 0.3 is 5.97 Å². The maximum absolute atomic E-state index is 11.1. The molecule has 1 fully saturated rings. The molecule has 0 bridgehead atoms. The average molecular weight is 225 g/mol. The molecule has 2 heterocycles. The van der Waals surface area contributed by atoms with Gasteiger partial charge in [0.05, 0.1) is 5.92 Å². The molecule has 0 aliphatic carbocycles. The summed E-state index contributed by atoms with van der Waals surface area (Å²) in [7, 11) is 1.98. The molecule has 2 atom stereocenters. The first-order valence-electron chi connectivity index (χ1n) is 5.05. The number of carboxylic acids is 1. The van der Waals surface area contributed by atoms with Crippen LogP contribution in [0.1, 0.15) is 15.7 Å². The van der Waals surface area contributed by atoms with Gasteiger partial charge in [0.25, 0.3) is 0 Å². The quantitative estimate of drug-likeness (QED) is 0.834. The largest absolute Gasteiger partial charge is 0.481 e. The summed E-state index contributed by atoms with van der Waals surface area (Å²) in [6, 6.07) is 4.14. The minimum absolute atomic E-state index is 0.172. The van der Waals surface area contributed by atoms with E-state index in [0.29, 0.717) is 6.54 Å². The van der Waals surface area contributed by atoms with Crippen molar-refractivity contribution < 1.29 is 9.90 Å². The molecule has 1 aliphatic heterocycles. The SMILES string of the molecule is Cc1ccc(C2CN(C)CC2C(=O)O)s1. The molecule has 3 nitrogen and oxygen atoms in total. The Balaban J connectivity index is 2.24. The molecule has 1 aliphatic rings. The standard InChI is InChI=1S/C11H15NO2S/c1-7-3-4-10(15-7)8-5-12(2)6-9(8)11(13)14/h3-4,8-9H,5-6H2,1-2H3,(H,13,14). The van der Waals surface area contributed by atoms with E-state index in [-0.39, 0.29) is 11.8 Å². The lowest BCUT2D eigenvalue weighted by Gasteiger charge is -2.12. The average Bonchev–Trinajstić information content (AvgIpc) is 2.71. The van der Waals surface area contributed by atoms with Crippen molar-refractivity contribution in [3.8, 4) is 0 Å². The third-order valence-corrected chi connectivity index (χ3v) is 4.08. The van der Waals surface area contributed by atoms with Crippen molar-refractivity contribution >= 4 is 17.3 Å². The van der Waals surface area contributed by atoms with Crippen LogP contribution in [-0.2, 0) is 4.79 Å². The fourth-order valence-electron chi connectivity index (χ4n) is 2.19. The molecular weight excluding hydrogens is 210 g/mol. The van der Waals surface area contributed by atoms with Crippen molar-refractivity contribution in [2.45, 2.75) is 12.8 Å². The van der Waals surface area contributed by atoms with Gasteiger partial charge in [0.2, 0.25) is 0 Å². The second-order valence-electron chi connectivity index (χ2n) is 4.22. The summed E-state index contributed by atoms with van der Waals surface area (Å²) in [6.07, 6.45) is 0. The van der Waals surface area contributed by atoms with Crippen molar-refractivity contribution in [2.75, 3.05) is 20.1 Å². The molecule has 1 aromatic rings. The van der Waals surface area contributed by atoms with Crippen molar-refractivity contribution in [1.29, 1.82) is 0 Å². The van der Waals surface area contributed by atoms with Gasteiger partial charge in [-0.15, -0.1) is 11.3 Å². The maximum Gasteiger partial charge on any atom is 0.308 e. The van der Waals surface area contributed by atoms with Gasteiger partial charge in [0.1, 0.15) is 0 Å². The van der Waals surface area contributed by atoms with E-state index in [2.05, 4.69) is 24.0 Å². The fourth-order valence-corrected chi connectivity index (χ4v) is 3.23. The highest BCUT2D eigenvalue weighted by atomic mass is 32.1. The molecule has 2 rings (SSSR count). The number of thiophene rings is 1. The monoisotopic (exact) mass is 225 g/mol. The number of likely N-dealkylation sites (tertiary alicyclic amines) is 1. The first-order chi connectivity index (χ1) is 7.08. The smallest absolute Gasteiger partial charge is 0.308 e. The Morgan fingerprint density at radius 1 is 1.53 bits per heavy atom. The van der Waals surface area contributed by atoms with Crippen LogP contribution < -0.4 is 0 Å². The summed E-state index contributed by atoms with van der Waals surface area (Å²) < 4.78 is 0. The summed E-state index contributed by atoms with van der Waals surface area (Å²) in [6.45, 7) is 3.58. The molecule has 2 unspecified atom stereocenters. The number of carbonyl (C=O) groups is 1. The maximum atomic E-state index is 11.1. The van der Waals surface area contributed by atoms with E-state index in [1.54, 1.807) is 11.3 Å². The minimum Gasteiger partial charge on any atom is -0.481 e. The number of nitrogens with zero attached hydrogens (tertiary/aromatic N) is 1. The summed E-state index contributed by atoms with van der Waals surface area (Å²) in [5.41, 5.74) is 0. The first kappa shape index (κ1) is 10.6.